The van der Waals surface area contributed by atoms with E-state index in [1.165, 1.54) is 0 Å². The third kappa shape index (κ3) is 5.13. The topological polar surface area (TPSA) is 64.4 Å². The maximum Gasteiger partial charge on any atom is 0.407 e. The average Bonchev–Trinajstić information content (AvgIpc) is 2.89. The van der Waals surface area contributed by atoms with Crippen LogP contribution in [0.5, 0.6) is 0 Å². The average molecular weight is 316 g/mol. The number of amides is 1. The molecular formula is C18H24N2O3. The fourth-order valence-electron chi connectivity index (χ4n) is 2.11. The molecule has 5 heteroatoms. The van der Waals surface area contributed by atoms with E-state index in [1.54, 1.807) is 12.5 Å². The summed E-state index contributed by atoms with van der Waals surface area (Å²) in [6.45, 7) is 9.52. The number of hydrogen-bond acceptors (Lipinski definition) is 4. The first kappa shape index (κ1) is 17.1. The van der Waals surface area contributed by atoms with Gasteiger partial charge in [0.05, 0.1) is 6.26 Å². The van der Waals surface area contributed by atoms with Gasteiger partial charge >= 0.3 is 6.09 Å². The molecule has 0 aliphatic rings. The first-order chi connectivity index (χ1) is 10.7. The van der Waals surface area contributed by atoms with Crippen LogP contribution in [0.3, 0.4) is 0 Å². The number of furan rings is 1. The second-order valence-corrected chi connectivity index (χ2v) is 6.71. The lowest BCUT2D eigenvalue weighted by atomic mass is 10.1. The Morgan fingerprint density at radius 1 is 1.48 bits per heavy atom. The Morgan fingerprint density at radius 2 is 2.22 bits per heavy atom. The van der Waals surface area contributed by atoms with Crippen molar-refractivity contribution in [1.82, 2.24) is 10.3 Å². The molecule has 0 spiro atoms. The fraction of sp³-hybridized carbons (Fsp3) is 0.444. The molecule has 2 aromatic rings. The molecule has 0 aliphatic heterocycles. The van der Waals surface area contributed by atoms with Gasteiger partial charge < -0.3 is 14.5 Å². The van der Waals surface area contributed by atoms with Gasteiger partial charge in [0.2, 0.25) is 5.71 Å². The van der Waals surface area contributed by atoms with Crippen LogP contribution in [0.2, 0.25) is 0 Å². The second-order valence-electron chi connectivity index (χ2n) is 6.71. The highest BCUT2D eigenvalue weighted by molar-refractivity contribution is 5.78. The van der Waals surface area contributed by atoms with Gasteiger partial charge in [0.15, 0.2) is 0 Å². The molecule has 124 valence electrons. The number of hydrogen-bond donors (Lipinski definition) is 1. The van der Waals surface area contributed by atoms with Crippen molar-refractivity contribution in [3.8, 4) is 0 Å². The van der Waals surface area contributed by atoms with Crippen molar-refractivity contribution >= 4 is 22.8 Å². The molecule has 5 nitrogen and oxygen atoms in total. The van der Waals surface area contributed by atoms with Gasteiger partial charge in [-0.1, -0.05) is 6.08 Å². The zero-order valence-corrected chi connectivity index (χ0v) is 14.3. The number of nitrogens with zero attached hydrogens (tertiary/aromatic N) is 1. The van der Waals surface area contributed by atoms with Crippen molar-refractivity contribution in [2.45, 2.75) is 52.7 Å². The molecule has 2 aromatic heterocycles. The molecule has 1 N–H and O–H groups in total. The van der Waals surface area contributed by atoms with Crippen molar-refractivity contribution in [3.05, 3.63) is 36.2 Å². The summed E-state index contributed by atoms with van der Waals surface area (Å²) in [6.07, 6.45) is 5.84. The smallest absolute Gasteiger partial charge is 0.407 e. The SMILES string of the molecule is CC(=CCC(C)NC(=O)OC(C)(C)C)c1cnc2occc2c1. The zero-order valence-electron chi connectivity index (χ0n) is 14.3. The molecule has 2 heterocycles. The van der Waals surface area contributed by atoms with Crippen LogP contribution < -0.4 is 5.32 Å². The predicted octanol–water partition coefficient (Wildman–Crippen LogP) is 4.53. The number of fused-ring (bicyclic) bond motifs is 1. The third-order valence-electron chi connectivity index (χ3n) is 3.30. The summed E-state index contributed by atoms with van der Waals surface area (Å²) in [7, 11) is 0. The largest absolute Gasteiger partial charge is 0.446 e. The Balaban J connectivity index is 1.94. The number of alkyl carbamates (subject to hydrolysis) is 1. The van der Waals surface area contributed by atoms with Crippen LogP contribution in [0.1, 0.15) is 46.6 Å². The Kier molecular flexibility index (Phi) is 5.08. The van der Waals surface area contributed by atoms with Crippen LogP contribution in [0, 0.1) is 0 Å². The van der Waals surface area contributed by atoms with Gasteiger partial charge in [0, 0.05) is 17.6 Å². The van der Waals surface area contributed by atoms with E-state index in [2.05, 4.69) is 16.4 Å². The van der Waals surface area contributed by atoms with E-state index in [0.29, 0.717) is 12.1 Å². The minimum absolute atomic E-state index is 0.00887. The Labute approximate surface area is 136 Å². The fourth-order valence-corrected chi connectivity index (χ4v) is 2.11. The van der Waals surface area contributed by atoms with Crippen LogP contribution >= 0.6 is 0 Å². The van der Waals surface area contributed by atoms with Crippen LogP contribution in [-0.2, 0) is 4.74 Å². The Hall–Kier alpha value is -2.30. The van der Waals surface area contributed by atoms with Crippen molar-refractivity contribution in [2.75, 3.05) is 0 Å². The number of ether oxygens (including phenoxy) is 1. The van der Waals surface area contributed by atoms with E-state index < -0.39 is 11.7 Å². The first-order valence-electron chi connectivity index (χ1n) is 7.74. The van der Waals surface area contributed by atoms with Crippen molar-refractivity contribution in [1.29, 1.82) is 0 Å². The molecular weight excluding hydrogens is 292 g/mol. The Morgan fingerprint density at radius 3 is 2.91 bits per heavy atom. The van der Waals surface area contributed by atoms with Crippen molar-refractivity contribution in [2.24, 2.45) is 0 Å². The number of allylic oxidation sites excluding steroid dienone is 1. The van der Waals surface area contributed by atoms with E-state index in [4.69, 9.17) is 9.15 Å². The van der Waals surface area contributed by atoms with Gasteiger partial charge in [0.25, 0.3) is 0 Å². The molecule has 1 amide bonds. The number of aromatic nitrogens is 1. The van der Waals surface area contributed by atoms with E-state index in [0.717, 1.165) is 16.5 Å². The maximum absolute atomic E-state index is 11.7. The van der Waals surface area contributed by atoms with Gasteiger partial charge in [0.1, 0.15) is 5.60 Å². The quantitative estimate of drug-likeness (QED) is 0.899. The van der Waals surface area contributed by atoms with Crippen LogP contribution in [0.15, 0.2) is 35.1 Å². The van der Waals surface area contributed by atoms with E-state index in [9.17, 15) is 4.79 Å². The summed E-state index contributed by atoms with van der Waals surface area (Å²) in [5.74, 6) is 0. The number of carbonyl (C=O) groups is 1. The summed E-state index contributed by atoms with van der Waals surface area (Å²) < 4.78 is 10.5. The molecule has 0 saturated heterocycles. The monoisotopic (exact) mass is 316 g/mol. The van der Waals surface area contributed by atoms with Crippen LogP contribution in [0.25, 0.3) is 16.7 Å². The van der Waals surface area contributed by atoms with E-state index in [-0.39, 0.29) is 6.04 Å². The lowest BCUT2D eigenvalue weighted by Crippen LogP contribution is -2.37. The van der Waals surface area contributed by atoms with Crippen LogP contribution in [-0.4, -0.2) is 22.7 Å². The number of rotatable bonds is 4. The standard InChI is InChI=1S/C18H24N2O3/c1-12(15-10-14-8-9-22-16(14)19-11-15)6-7-13(2)20-17(21)23-18(3,4)5/h6,8-11,13H,7H2,1-5H3,(H,20,21). The summed E-state index contributed by atoms with van der Waals surface area (Å²) in [4.78, 5) is 16.0. The van der Waals surface area contributed by atoms with E-state index >= 15 is 0 Å². The summed E-state index contributed by atoms with van der Waals surface area (Å²) in [5, 5.41) is 3.81. The summed E-state index contributed by atoms with van der Waals surface area (Å²) in [5.41, 5.74) is 2.31. The van der Waals surface area contributed by atoms with E-state index in [1.807, 2.05) is 46.8 Å². The van der Waals surface area contributed by atoms with Gasteiger partial charge in [-0.2, -0.15) is 0 Å². The maximum atomic E-state index is 11.7. The second kappa shape index (κ2) is 6.86. The molecule has 2 rings (SSSR count). The minimum atomic E-state index is -0.485. The molecule has 0 fully saturated rings. The summed E-state index contributed by atoms with van der Waals surface area (Å²) in [6, 6.07) is 3.93. The highest BCUT2D eigenvalue weighted by Crippen LogP contribution is 2.20. The number of carbonyl (C=O) groups excluding carboxylic acids is 1. The molecule has 0 aliphatic carbocycles. The normalized spacial score (nSPS) is 13.9. The predicted molar refractivity (Wildman–Crippen MR) is 91.1 cm³/mol. The highest BCUT2D eigenvalue weighted by atomic mass is 16.6. The van der Waals surface area contributed by atoms with Gasteiger partial charge in [-0.3, -0.25) is 0 Å². The summed E-state index contributed by atoms with van der Waals surface area (Å²) >= 11 is 0. The molecule has 23 heavy (non-hydrogen) atoms. The highest BCUT2D eigenvalue weighted by Gasteiger charge is 2.17. The first-order valence-corrected chi connectivity index (χ1v) is 7.74. The number of pyridine rings is 1. The molecule has 0 radical (unpaired) electrons. The molecule has 0 aromatic carbocycles. The zero-order chi connectivity index (χ0) is 17.0. The van der Waals surface area contributed by atoms with Gasteiger partial charge in [-0.25, -0.2) is 9.78 Å². The molecule has 1 atom stereocenters. The van der Waals surface area contributed by atoms with Gasteiger partial charge in [-0.05, 0) is 64.3 Å². The van der Waals surface area contributed by atoms with Crippen LogP contribution in [0.4, 0.5) is 4.79 Å². The molecule has 1 unspecified atom stereocenters. The minimum Gasteiger partial charge on any atom is -0.446 e. The lowest BCUT2D eigenvalue weighted by molar-refractivity contribution is 0.0509. The lowest BCUT2D eigenvalue weighted by Gasteiger charge is -2.21. The number of nitrogens with one attached hydrogen (secondary N) is 1. The van der Waals surface area contributed by atoms with Gasteiger partial charge in [-0.15, -0.1) is 0 Å². The molecule has 0 saturated carbocycles. The Bertz CT molecular complexity index is 710. The third-order valence-corrected chi connectivity index (χ3v) is 3.30. The van der Waals surface area contributed by atoms with Crippen molar-refractivity contribution < 1.29 is 13.9 Å². The molecule has 0 bridgehead atoms. The van der Waals surface area contributed by atoms with Crippen molar-refractivity contribution in [3.63, 3.8) is 0 Å².